The molecule has 3 fully saturated rings. The number of rotatable bonds is 6. The van der Waals surface area contributed by atoms with Gasteiger partial charge in [0.1, 0.15) is 17.4 Å². The van der Waals surface area contributed by atoms with Crippen LogP contribution < -0.4 is 15.4 Å². The van der Waals surface area contributed by atoms with Crippen molar-refractivity contribution in [3.63, 3.8) is 0 Å². The normalized spacial score (nSPS) is 33.5. The van der Waals surface area contributed by atoms with Crippen molar-refractivity contribution >= 4 is 17.7 Å². The number of likely N-dealkylation sites (tertiary alicyclic amines) is 1. The lowest BCUT2D eigenvalue weighted by Gasteiger charge is -2.32. The number of carbonyl (C=O) groups excluding carboxylic acids is 3. The third-order valence-corrected chi connectivity index (χ3v) is 6.68. The SMILES string of the molecule is CNC(=O)[C@H]1[C@H]2C(=O)N(C3CC3)[C@H](C(=O)NCc3ccc(OC)cc3)[C@@]23C=C[C@H]1O3. The van der Waals surface area contributed by atoms with Gasteiger partial charge in [-0.25, -0.2) is 0 Å². The van der Waals surface area contributed by atoms with Crippen LogP contribution in [0.4, 0.5) is 0 Å². The standard InChI is InChI=1S/C22H25N3O5/c1-23-19(26)16-15-9-10-22(30-15)17(16)21(28)25(13-5-6-13)18(22)20(27)24-11-12-3-7-14(29-2)8-4-12/h3-4,7-10,13,15-18H,5-6,11H2,1-2H3,(H,23,26)(H,24,27)/t15-,16-,17+,18-,22-/m1/s1. The van der Waals surface area contributed by atoms with Crippen LogP contribution in [0.15, 0.2) is 36.4 Å². The van der Waals surface area contributed by atoms with E-state index in [-0.39, 0.29) is 23.8 Å². The maximum Gasteiger partial charge on any atom is 0.246 e. The van der Waals surface area contributed by atoms with Gasteiger partial charge in [0.25, 0.3) is 0 Å². The van der Waals surface area contributed by atoms with Crippen LogP contribution in [0.3, 0.4) is 0 Å². The molecule has 0 unspecified atom stereocenters. The predicted molar refractivity (Wildman–Crippen MR) is 106 cm³/mol. The van der Waals surface area contributed by atoms with Gasteiger partial charge in [0, 0.05) is 19.6 Å². The number of amides is 3. The summed E-state index contributed by atoms with van der Waals surface area (Å²) in [5.41, 5.74) is -0.151. The lowest BCUT2D eigenvalue weighted by Crippen LogP contribution is -2.55. The molecule has 1 saturated carbocycles. The Bertz CT molecular complexity index is 925. The Morgan fingerprint density at radius 2 is 1.97 bits per heavy atom. The maximum absolute atomic E-state index is 13.4. The molecule has 2 bridgehead atoms. The highest BCUT2D eigenvalue weighted by molar-refractivity contribution is 6.00. The molecule has 8 nitrogen and oxygen atoms in total. The average Bonchev–Trinajstić information content (AvgIpc) is 3.36. The number of hydrogen-bond acceptors (Lipinski definition) is 5. The minimum atomic E-state index is -1.08. The summed E-state index contributed by atoms with van der Waals surface area (Å²) < 4.78 is 11.4. The number of methoxy groups -OCH3 is 1. The van der Waals surface area contributed by atoms with Crippen molar-refractivity contribution in [1.82, 2.24) is 15.5 Å². The molecule has 30 heavy (non-hydrogen) atoms. The minimum Gasteiger partial charge on any atom is -0.497 e. The summed E-state index contributed by atoms with van der Waals surface area (Å²) in [7, 11) is 3.16. The van der Waals surface area contributed by atoms with Gasteiger partial charge in [-0.2, -0.15) is 0 Å². The molecule has 1 spiro atoms. The second kappa shape index (κ2) is 6.84. The zero-order chi connectivity index (χ0) is 21.0. The van der Waals surface area contributed by atoms with E-state index in [1.165, 1.54) is 0 Å². The van der Waals surface area contributed by atoms with Gasteiger partial charge < -0.3 is 25.0 Å². The molecule has 2 N–H and O–H groups in total. The second-order valence-electron chi connectivity index (χ2n) is 8.36. The number of carbonyl (C=O) groups is 3. The van der Waals surface area contributed by atoms with Crippen LogP contribution in [0, 0.1) is 11.8 Å². The van der Waals surface area contributed by atoms with Gasteiger partial charge in [-0.05, 0) is 30.5 Å². The lowest BCUT2D eigenvalue weighted by atomic mass is 9.74. The number of nitrogens with zero attached hydrogens (tertiary/aromatic N) is 1. The van der Waals surface area contributed by atoms with Gasteiger partial charge in [-0.3, -0.25) is 14.4 Å². The molecule has 0 aromatic heterocycles. The number of fused-ring (bicyclic) bond motifs is 1. The van der Waals surface area contributed by atoms with Crippen molar-refractivity contribution in [3.8, 4) is 5.75 Å². The summed E-state index contributed by atoms with van der Waals surface area (Å²) >= 11 is 0. The van der Waals surface area contributed by atoms with Crippen LogP contribution in [0.1, 0.15) is 18.4 Å². The van der Waals surface area contributed by atoms with Gasteiger partial charge in [0.15, 0.2) is 0 Å². The van der Waals surface area contributed by atoms with Gasteiger partial charge in [-0.1, -0.05) is 24.3 Å². The van der Waals surface area contributed by atoms with Crippen LogP contribution in [0.2, 0.25) is 0 Å². The fraction of sp³-hybridized carbons (Fsp3) is 0.500. The topological polar surface area (TPSA) is 97.0 Å². The van der Waals surface area contributed by atoms with Crippen LogP contribution in [0.5, 0.6) is 5.75 Å². The largest absolute Gasteiger partial charge is 0.497 e. The highest BCUT2D eigenvalue weighted by atomic mass is 16.5. The van der Waals surface area contributed by atoms with E-state index in [2.05, 4.69) is 10.6 Å². The lowest BCUT2D eigenvalue weighted by molar-refractivity contribution is -0.142. The number of benzene rings is 1. The molecule has 3 aliphatic heterocycles. The molecular formula is C22H25N3O5. The number of hydrogen-bond donors (Lipinski definition) is 2. The minimum absolute atomic E-state index is 0.0376. The molecule has 1 aliphatic carbocycles. The first-order valence-corrected chi connectivity index (χ1v) is 10.3. The summed E-state index contributed by atoms with van der Waals surface area (Å²) in [6.45, 7) is 0.332. The average molecular weight is 411 g/mol. The van der Waals surface area contributed by atoms with E-state index in [0.717, 1.165) is 24.2 Å². The summed E-state index contributed by atoms with van der Waals surface area (Å²) in [6, 6.07) is 6.72. The van der Waals surface area contributed by atoms with Crippen LogP contribution in [-0.4, -0.2) is 60.6 Å². The van der Waals surface area contributed by atoms with Crippen molar-refractivity contribution in [2.45, 2.75) is 43.2 Å². The molecule has 0 radical (unpaired) electrons. The fourth-order valence-corrected chi connectivity index (χ4v) is 5.15. The highest BCUT2D eigenvalue weighted by Gasteiger charge is 2.73. The Morgan fingerprint density at radius 3 is 2.60 bits per heavy atom. The van der Waals surface area contributed by atoms with Crippen LogP contribution in [0.25, 0.3) is 0 Å². The molecule has 2 saturated heterocycles. The van der Waals surface area contributed by atoms with Crippen molar-refractivity contribution < 1.29 is 23.9 Å². The summed E-state index contributed by atoms with van der Waals surface area (Å²) in [5.74, 6) is -1.15. The molecule has 158 valence electrons. The fourth-order valence-electron chi connectivity index (χ4n) is 5.15. The van der Waals surface area contributed by atoms with E-state index < -0.39 is 29.6 Å². The van der Waals surface area contributed by atoms with E-state index in [4.69, 9.17) is 9.47 Å². The van der Waals surface area contributed by atoms with E-state index in [1.54, 1.807) is 19.1 Å². The van der Waals surface area contributed by atoms with Crippen molar-refractivity contribution in [2.75, 3.05) is 14.2 Å². The molecule has 8 heteroatoms. The van der Waals surface area contributed by atoms with E-state index >= 15 is 0 Å². The van der Waals surface area contributed by atoms with Gasteiger partial charge in [-0.15, -0.1) is 0 Å². The van der Waals surface area contributed by atoms with Crippen LogP contribution >= 0.6 is 0 Å². The Morgan fingerprint density at radius 1 is 1.23 bits per heavy atom. The molecule has 5 rings (SSSR count). The second-order valence-corrected chi connectivity index (χ2v) is 8.36. The predicted octanol–water partition coefficient (Wildman–Crippen LogP) is 0.370. The molecule has 1 aromatic rings. The molecule has 5 atom stereocenters. The van der Waals surface area contributed by atoms with Crippen molar-refractivity contribution in [2.24, 2.45) is 11.8 Å². The Labute approximate surface area is 174 Å². The summed E-state index contributed by atoms with van der Waals surface area (Å²) in [5, 5.41) is 5.62. The first kappa shape index (κ1) is 19.1. The Hall–Kier alpha value is -2.87. The smallest absolute Gasteiger partial charge is 0.246 e. The zero-order valence-electron chi connectivity index (χ0n) is 17.0. The van der Waals surface area contributed by atoms with Gasteiger partial charge in [0.2, 0.25) is 17.7 Å². The van der Waals surface area contributed by atoms with Crippen molar-refractivity contribution in [1.29, 1.82) is 0 Å². The highest BCUT2D eigenvalue weighted by Crippen LogP contribution is 2.56. The number of nitrogens with one attached hydrogen (secondary N) is 2. The van der Waals surface area contributed by atoms with E-state index in [9.17, 15) is 14.4 Å². The molecule has 4 aliphatic rings. The Balaban J connectivity index is 1.41. The summed E-state index contributed by atoms with van der Waals surface area (Å²) in [4.78, 5) is 40.9. The first-order chi connectivity index (χ1) is 14.5. The zero-order valence-corrected chi connectivity index (χ0v) is 17.0. The quantitative estimate of drug-likeness (QED) is 0.660. The third-order valence-electron chi connectivity index (χ3n) is 6.68. The maximum atomic E-state index is 13.4. The molecule has 1 aromatic carbocycles. The summed E-state index contributed by atoms with van der Waals surface area (Å²) in [6.07, 6.45) is 4.92. The van der Waals surface area contributed by atoms with Gasteiger partial charge in [0.05, 0.1) is 25.0 Å². The molecule has 3 heterocycles. The monoisotopic (exact) mass is 411 g/mol. The van der Waals surface area contributed by atoms with Crippen molar-refractivity contribution in [3.05, 3.63) is 42.0 Å². The van der Waals surface area contributed by atoms with Crippen LogP contribution in [-0.2, 0) is 25.7 Å². The van der Waals surface area contributed by atoms with E-state index in [1.807, 2.05) is 36.4 Å². The molecular weight excluding hydrogens is 386 g/mol. The molecule has 3 amide bonds. The third kappa shape index (κ3) is 2.66. The first-order valence-electron chi connectivity index (χ1n) is 10.3. The van der Waals surface area contributed by atoms with Gasteiger partial charge >= 0.3 is 0 Å². The Kier molecular flexibility index (Phi) is 4.36. The number of ether oxygens (including phenoxy) is 2. The van der Waals surface area contributed by atoms with E-state index in [0.29, 0.717) is 6.54 Å².